The molecule has 20 heavy (non-hydrogen) atoms. The summed E-state index contributed by atoms with van der Waals surface area (Å²) in [6.45, 7) is 1.99. The van der Waals surface area contributed by atoms with Crippen molar-refractivity contribution in [2.75, 3.05) is 13.1 Å². The fourth-order valence-corrected chi connectivity index (χ4v) is 3.16. The molecule has 1 amide bonds. The number of rotatable bonds is 2. The lowest BCUT2D eigenvalue weighted by Crippen LogP contribution is -2.37. The number of nitrogens with one attached hydrogen (secondary N) is 1. The van der Waals surface area contributed by atoms with Crippen LogP contribution in [0.1, 0.15) is 19.3 Å². The molecule has 4 nitrogen and oxygen atoms in total. The molecule has 2 aromatic rings. The first-order chi connectivity index (χ1) is 9.66. The maximum atomic E-state index is 12.4. The standard InChI is InChI=1S/C14H16ClN3OS/c15-10-5-4-6-11-13(10)16-14(20)18(11)9-12(19)17-7-2-1-3-8-17/h4-6H,1-3,7-9H2,(H,16,20). The lowest BCUT2D eigenvalue weighted by Gasteiger charge is -2.26. The molecule has 0 unspecified atom stereocenters. The van der Waals surface area contributed by atoms with Crippen LogP contribution in [0.3, 0.4) is 0 Å². The highest BCUT2D eigenvalue weighted by Crippen LogP contribution is 2.22. The maximum absolute atomic E-state index is 12.4. The number of aromatic nitrogens is 2. The number of hydrogen-bond donors (Lipinski definition) is 1. The highest BCUT2D eigenvalue weighted by molar-refractivity contribution is 7.71. The quantitative estimate of drug-likeness (QED) is 0.864. The number of piperidine rings is 1. The number of benzene rings is 1. The summed E-state index contributed by atoms with van der Waals surface area (Å²) < 4.78 is 2.37. The van der Waals surface area contributed by atoms with Gasteiger partial charge >= 0.3 is 0 Å². The van der Waals surface area contributed by atoms with Crippen LogP contribution in [0.2, 0.25) is 5.02 Å². The molecule has 0 saturated carbocycles. The van der Waals surface area contributed by atoms with E-state index in [0.29, 0.717) is 9.79 Å². The molecule has 3 rings (SSSR count). The molecular weight excluding hydrogens is 294 g/mol. The molecule has 6 heteroatoms. The summed E-state index contributed by atoms with van der Waals surface area (Å²) >= 11 is 11.5. The minimum atomic E-state index is 0.127. The smallest absolute Gasteiger partial charge is 0.242 e. The van der Waals surface area contributed by atoms with Crippen molar-refractivity contribution < 1.29 is 4.79 Å². The van der Waals surface area contributed by atoms with E-state index in [1.807, 2.05) is 27.7 Å². The topological polar surface area (TPSA) is 41.0 Å². The van der Waals surface area contributed by atoms with Gasteiger partial charge in [-0.2, -0.15) is 0 Å². The Kier molecular flexibility index (Phi) is 3.81. The van der Waals surface area contributed by atoms with Gasteiger partial charge in [0.2, 0.25) is 5.91 Å². The molecule has 106 valence electrons. The Morgan fingerprint density at radius 3 is 2.80 bits per heavy atom. The molecule has 0 bridgehead atoms. The first-order valence-corrected chi connectivity index (χ1v) is 7.60. The van der Waals surface area contributed by atoms with E-state index in [9.17, 15) is 4.79 Å². The zero-order valence-electron chi connectivity index (χ0n) is 11.1. The minimum absolute atomic E-state index is 0.127. The summed E-state index contributed by atoms with van der Waals surface area (Å²) in [5.74, 6) is 0.127. The number of aromatic amines is 1. The average molecular weight is 310 g/mol. The van der Waals surface area contributed by atoms with Crippen LogP contribution in [0.5, 0.6) is 0 Å². The number of carbonyl (C=O) groups excluding carboxylic acids is 1. The first kappa shape index (κ1) is 13.6. The monoisotopic (exact) mass is 309 g/mol. The number of nitrogens with zero attached hydrogens (tertiary/aromatic N) is 2. The second-order valence-corrected chi connectivity index (χ2v) is 5.89. The van der Waals surface area contributed by atoms with E-state index in [0.717, 1.165) is 37.0 Å². The van der Waals surface area contributed by atoms with Crippen LogP contribution in [-0.4, -0.2) is 33.4 Å². The summed E-state index contributed by atoms with van der Waals surface area (Å²) in [5.41, 5.74) is 1.68. The zero-order chi connectivity index (χ0) is 14.1. The zero-order valence-corrected chi connectivity index (χ0v) is 12.6. The second kappa shape index (κ2) is 5.58. The number of likely N-dealkylation sites (tertiary alicyclic amines) is 1. The number of imidazole rings is 1. The number of amides is 1. The number of halogens is 1. The molecule has 1 fully saturated rings. The Labute approximate surface area is 127 Å². The van der Waals surface area contributed by atoms with Crippen molar-refractivity contribution >= 4 is 40.8 Å². The lowest BCUT2D eigenvalue weighted by atomic mass is 10.1. The molecule has 1 aliphatic heterocycles. The van der Waals surface area contributed by atoms with Gasteiger partial charge in [-0.15, -0.1) is 0 Å². The average Bonchev–Trinajstić information content (AvgIpc) is 2.78. The fourth-order valence-electron chi connectivity index (χ4n) is 2.68. The first-order valence-electron chi connectivity index (χ1n) is 6.81. The van der Waals surface area contributed by atoms with E-state index in [-0.39, 0.29) is 12.5 Å². The molecule has 0 radical (unpaired) electrons. The number of fused-ring (bicyclic) bond motifs is 1. The highest BCUT2D eigenvalue weighted by atomic mass is 35.5. The van der Waals surface area contributed by atoms with Crippen molar-refractivity contribution in [3.8, 4) is 0 Å². The van der Waals surface area contributed by atoms with Gasteiger partial charge < -0.3 is 14.5 Å². The van der Waals surface area contributed by atoms with Crippen molar-refractivity contribution in [2.45, 2.75) is 25.8 Å². The van der Waals surface area contributed by atoms with Crippen LogP contribution in [0.4, 0.5) is 0 Å². The van der Waals surface area contributed by atoms with Gasteiger partial charge in [0.15, 0.2) is 4.77 Å². The van der Waals surface area contributed by atoms with Crippen molar-refractivity contribution in [3.63, 3.8) is 0 Å². The van der Waals surface area contributed by atoms with Gasteiger partial charge in [0.25, 0.3) is 0 Å². The molecule has 0 aliphatic carbocycles. The van der Waals surface area contributed by atoms with E-state index in [1.165, 1.54) is 6.42 Å². The predicted octanol–water partition coefficient (Wildman–Crippen LogP) is 3.36. The van der Waals surface area contributed by atoms with Crippen LogP contribution in [0, 0.1) is 4.77 Å². The van der Waals surface area contributed by atoms with Gasteiger partial charge in [-0.1, -0.05) is 17.7 Å². The Bertz CT molecular complexity index is 700. The molecule has 2 heterocycles. The third kappa shape index (κ3) is 2.47. The summed E-state index contributed by atoms with van der Waals surface area (Å²) in [6, 6.07) is 5.61. The van der Waals surface area contributed by atoms with Gasteiger partial charge in [0.05, 0.1) is 16.1 Å². The Morgan fingerprint density at radius 1 is 1.30 bits per heavy atom. The second-order valence-electron chi connectivity index (χ2n) is 5.09. The van der Waals surface area contributed by atoms with Crippen LogP contribution >= 0.6 is 23.8 Å². The Morgan fingerprint density at radius 2 is 2.05 bits per heavy atom. The molecule has 1 aliphatic rings. The Hall–Kier alpha value is -1.33. The van der Waals surface area contributed by atoms with Gasteiger partial charge in [-0.3, -0.25) is 4.79 Å². The number of H-pyrrole nitrogens is 1. The van der Waals surface area contributed by atoms with E-state index in [1.54, 1.807) is 0 Å². The molecule has 1 aromatic heterocycles. The fraction of sp³-hybridized carbons (Fsp3) is 0.429. The van der Waals surface area contributed by atoms with Gasteiger partial charge in [0, 0.05) is 13.1 Å². The van der Waals surface area contributed by atoms with Crippen LogP contribution in [0.25, 0.3) is 11.0 Å². The van der Waals surface area contributed by atoms with Crippen molar-refractivity contribution in [2.24, 2.45) is 0 Å². The maximum Gasteiger partial charge on any atom is 0.242 e. The third-order valence-corrected chi connectivity index (χ3v) is 4.40. The molecule has 1 N–H and O–H groups in total. The van der Waals surface area contributed by atoms with E-state index in [2.05, 4.69) is 4.98 Å². The minimum Gasteiger partial charge on any atom is -0.341 e. The van der Waals surface area contributed by atoms with Crippen LogP contribution in [-0.2, 0) is 11.3 Å². The normalized spacial score (nSPS) is 15.8. The van der Waals surface area contributed by atoms with E-state index in [4.69, 9.17) is 23.8 Å². The molecule has 0 spiro atoms. The summed E-state index contributed by atoms with van der Waals surface area (Å²) in [6.07, 6.45) is 3.40. The van der Waals surface area contributed by atoms with E-state index < -0.39 is 0 Å². The van der Waals surface area contributed by atoms with Crippen molar-refractivity contribution in [1.82, 2.24) is 14.5 Å². The van der Waals surface area contributed by atoms with Crippen LogP contribution in [0.15, 0.2) is 18.2 Å². The summed E-state index contributed by atoms with van der Waals surface area (Å²) in [4.78, 5) is 17.4. The van der Waals surface area contributed by atoms with E-state index >= 15 is 0 Å². The van der Waals surface area contributed by atoms with Crippen molar-refractivity contribution in [1.29, 1.82) is 0 Å². The molecule has 0 atom stereocenters. The van der Waals surface area contributed by atoms with Gasteiger partial charge in [-0.25, -0.2) is 0 Å². The summed E-state index contributed by atoms with van der Waals surface area (Å²) in [5, 5.41) is 0.623. The Balaban J connectivity index is 1.90. The van der Waals surface area contributed by atoms with Gasteiger partial charge in [-0.05, 0) is 43.6 Å². The number of hydrogen-bond acceptors (Lipinski definition) is 2. The molecule has 1 aromatic carbocycles. The molecular formula is C14H16ClN3OS. The largest absolute Gasteiger partial charge is 0.341 e. The molecule has 1 saturated heterocycles. The van der Waals surface area contributed by atoms with Crippen LogP contribution < -0.4 is 0 Å². The van der Waals surface area contributed by atoms with Crippen molar-refractivity contribution in [3.05, 3.63) is 28.0 Å². The number of carbonyl (C=O) groups is 1. The summed E-state index contributed by atoms with van der Waals surface area (Å²) in [7, 11) is 0. The van der Waals surface area contributed by atoms with Gasteiger partial charge in [0.1, 0.15) is 6.54 Å². The predicted molar refractivity (Wildman–Crippen MR) is 82.6 cm³/mol. The number of para-hydroxylation sites is 1. The highest BCUT2D eigenvalue weighted by Gasteiger charge is 2.18. The third-order valence-electron chi connectivity index (χ3n) is 3.76. The SMILES string of the molecule is O=C(Cn1c(=S)[nH]c2c(Cl)cccc21)N1CCCCC1. The lowest BCUT2D eigenvalue weighted by molar-refractivity contribution is -0.132.